The first kappa shape index (κ1) is 68.9. The molecule has 4 atom stereocenters. The van der Waals surface area contributed by atoms with Crippen LogP contribution in [0.3, 0.4) is 0 Å². The lowest BCUT2D eigenvalue weighted by Crippen LogP contribution is -2.45. The number of hydrogen-bond donors (Lipinski definition) is 4. The highest BCUT2D eigenvalue weighted by Crippen LogP contribution is 2.41. The lowest BCUT2D eigenvalue weighted by atomic mass is 9.88. The predicted molar refractivity (Wildman–Crippen MR) is 311 cm³/mol. The number of nitrogens with zero attached hydrogens (tertiary/aromatic N) is 2. The number of carboxylic acids is 1. The molecule has 1 heterocycles. The van der Waals surface area contributed by atoms with E-state index in [2.05, 4.69) is 22.9 Å². The number of nitrogens with one attached hydrogen (secondary N) is 3. The van der Waals surface area contributed by atoms with Crippen LogP contribution in [0.5, 0.6) is 11.5 Å². The summed E-state index contributed by atoms with van der Waals surface area (Å²) in [5.74, 6) is -4.52. The molecule has 0 aliphatic carbocycles. The second-order valence-corrected chi connectivity index (χ2v) is 24.3. The zero-order valence-corrected chi connectivity index (χ0v) is 51.0. The van der Waals surface area contributed by atoms with Gasteiger partial charge in [0.1, 0.15) is 52.8 Å². The summed E-state index contributed by atoms with van der Waals surface area (Å²) in [6.45, 7) is 22.6. The van der Waals surface area contributed by atoms with Crippen LogP contribution < -0.4 is 25.4 Å². The molecule has 0 unspecified atom stereocenters. The zero-order valence-electron chi connectivity index (χ0n) is 51.0. The molecule has 0 fully saturated rings. The average Bonchev–Trinajstić information content (AvgIpc) is 3.38. The number of rotatable bonds is 29. The van der Waals surface area contributed by atoms with Gasteiger partial charge in [-0.05, 0) is 123 Å². The number of likely N-dealkylation sites (N-methyl/N-ethyl adjacent to an activating group) is 1. The Labute approximate surface area is 482 Å². The third-order valence-corrected chi connectivity index (χ3v) is 13.3. The summed E-state index contributed by atoms with van der Waals surface area (Å²) in [4.78, 5) is 112. The van der Waals surface area contributed by atoms with Gasteiger partial charge in [0, 0.05) is 75.3 Å². The number of fused-ring (bicyclic) bond motifs is 5. The second-order valence-electron chi connectivity index (χ2n) is 24.3. The summed E-state index contributed by atoms with van der Waals surface area (Å²) < 4.78 is 29.2. The van der Waals surface area contributed by atoms with Gasteiger partial charge in [-0.25, -0.2) is 19.2 Å². The quantitative estimate of drug-likeness (QED) is 0.0437. The van der Waals surface area contributed by atoms with Crippen LogP contribution in [0.4, 0.5) is 14.4 Å². The van der Waals surface area contributed by atoms with Gasteiger partial charge in [0.15, 0.2) is 5.78 Å². The van der Waals surface area contributed by atoms with E-state index in [1.54, 1.807) is 104 Å². The molecule has 1 aliphatic rings. The fraction of sp³-hybridized carbons (Fsp3) is 0.677. The van der Waals surface area contributed by atoms with Crippen LogP contribution >= 0.6 is 0 Å². The molecule has 0 saturated heterocycles. The van der Waals surface area contributed by atoms with Crippen molar-refractivity contribution in [1.29, 1.82) is 0 Å². The number of aliphatic carboxylic acids is 1. The molecule has 19 nitrogen and oxygen atoms in total. The van der Waals surface area contributed by atoms with Crippen molar-refractivity contribution in [1.82, 2.24) is 25.8 Å². The minimum Gasteiger partial charge on any atom is -0.493 e. The maximum absolute atomic E-state index is 15.3. The van der Waals surface area contributed by atoms with Crippen molar-refractivity contribution >= 4 is 47.6 Å². The van der Waals surface area contributed by atoms with Crippen molar-refractivity contribution in [2.24, 2.45) is 11.8 Å². The van der Waals surface area contributed by atoms with Gasteiger partial charge < -0.3 is 54.5 Å². The highest BCUT2D eigenvalue weighted by Gasteiger charge is 2.37. The first-order valence-electron chi connectivity index (χ1n) is 29.3. The van der Waals surface area contributed by atoms with E-state index in [0.717, 1.165) is 25.7 Å². The molecular weight excluding hydrogens is 1040 g/mol. The Bertz CT molecular complexity index is 2390. The van der Waals surface area contributed by atoms with Gasteiger partial charge in [-0.3, -0.25) is 19.2 Å². The Balaban J connectivity index is 2.12. The Kier molecular flexibility index (Phi) is 28.5. The van der Waals surface area contributed by atoms with E-state index in [-0.39, 0.29) is 64.1 Å². The fourth-order valence-corrected chi connectivity index (χ4v) is 9.26. The number of unbranched alkanes of at least 4 members (excludes halogenated alkanes) is 8. The average molecular weight is 1140 g/mol. The van der Waals surface area contributed by atoms with Gasteiger partial charge in [-0.2, -0.15) is 0 Å². The van der Waals surface area contributed by atoms with Crippen LogP contribution in [0.25, 0.3) is 11.1 Å². The van der Waals surface area contributed by atoms with Crippen LogP contribution in [-0.4, -0.2) is 132 Å². The van der Waals surface area contributed by atoms with Crippen molar-refractivity contribution in [3.05, 3.63) is 47.5 Å². The van der Waals surface area contributed by atoms with E-state index in [9.17, 15) is 38.7 Å². The lowest BCUT2D eigenvalue weighted by molar-refractivity contribution is -0.144. The SMILES string of the molecule is CCCCCCCCCCN(CCC(=O)C[C@@H](CCCCNC(=O)OC(C)(C)C)C(=O)N(C)[C@@H]1C(=O)C[C@@H](C)C(=O)N[C@H](C(=O)O)Cc2ccc(OCCNC(=O)OC(C)(C)C)c(c2)-c2cc1ccc2OCCC)C(=O)OC(C)(C)C. The van der Waals surface area contributed by atoms with E-state index in [1.165, 1.54) is 44.6 Å². The largest absolute Gasteiger partial charge is 0.493 e. The predicted octanol–water partition coefficient (Wildman–Crippen LogP) is 11.3. The van der Waals surface area contributed by atoms with Crippen molar-refractivity contribution in [2.75, 3.05) is 46.4 Å². The van der Waals surface area contributed by atoms with E-state index < -0.39 is 82.6 Å². The summed E-state index contributed by atoms with van der Waals surface area (Å²) >= 11 is 0. The van der Waals surface area contributed by atoms with Crippen molar-refractivity contribution in [3.8, 4) is 22.6 Å². The van der Waals surface area contributed by atoms with Gasteiger partial charge in [0.2, 0.25) is 11.8 Å². The van der Waals surface area contributed by atoms with E-state index >= 15 is 4.79 Å². The molecule has 19 heteroatoms. The molecule has 0 aromatic heterocycles. The third-order valence-electron chi connectivity index (χ3n) is 13.3. The number of carbonyl (C=O) groups is 8. The number of alkyl carbamates (subject to hydrolysis) is 2. The monoisotopic (exact) mass is 1140 g/mol. The number of amides is 5. The Hall–Kier alpha value is -6.40. The number of benzene rings is 2. The van der Waals surface area contributed by atoms with Crippen LogP contribution in [0.2, 0.25) is 0 Å². The van der Waals surface area contributed by atoms with Crippen LogP contribution in [-0.2, 0) is 44.6 Å². The van der Waals surface area contributed by atoms with Gasteiger partial charge >= 0.3 is 24.2 Å². The van der Waals surface area contributed by atoms with Gasteiger partial charge in [0.25, 0.3) is 0 Å². The molecule has 2 aromatic rings. The Morgan fingerprint density at radius 3 is 1.84 bits per heavy atom. The molecule has 454 valence electrons. The maximum atomic E-state index is 15.3. The smallest absolute Gasteiger partial charge is 0.410 e. The van der Waals surface area contributed by atoms with Crippen molar-refractivity contribution in [3.63, 3.8) is 0 Å². The van der Waals surface area contributed by atoms with Crippen molar-refractivity contribution in [2.45, 2.75) is 215 Å². The molecule has 4 N–H and O–H groups in total. The minimum absolute atomic E-state index is 0.00403. The number of Topliss-reactive ketones (excluding diaryl/α,β-unsaturated/α-hetero) is 2. The number of carboxylic acid groups (broad SMARTS) is 1. The van der Waals surface area contributed by atoms with E-state index in [0.29, 0.717) is 66.2 Å². The van der Waals surface area contributed by atoms with Gasteiger partial charge in [0.05, 0.1) is 13.2 Å². The number of ether oxygens (including phenoxy) is 5. The summed E-state index contributed by atoms with van der Waals surface area (Å²) in [5, 5.41) is 18.4. The first-order valence-corrected chi connectivity index (χ1v) is 29.3. The summed E-state index contributed by atoms with van der Waals surface area (Å²) in [7, 11) is 1.49. The zero-order chi connectivity index (χ0) is 60.5. The highest BCUT2D eigenvalue weighted by atomic mass is 16.6. The minimum atomic E-state index is -1.38. The van der Waals surface area contributed by atoms with Gasteiger partial charge in [-0.1, -0.05) is 84.3 Å². The topological polar surface area (TPSA) is 246 Å². The molecule has 0 spiro atoms. The molecule has 2 aromatic carbocycles. The van der Waals surface area contributed by atoms with E-state index in [1.807, 2.05) is 6.92 Å². The highest BCUT2D eigenvalue weighted by molar-refractivity contribution is 5.96. The lowest BCUT2D eigenvalue weighted by Gasteiger charge is -2.32. The Morgan fingerprint density at radius 1 is 0.679 bits per heavy atom. The molecule has 5 amide bonds. The summed E-state index contributed by atoms with van der Waals surface area (Å²) in [5.41, 5.74) is -0.393. The maximum Gasteiger partial charge on any atom is 0.410 e. The van der Waals surface area contributed by atoms with Crippen LogP contribution in [0.15, 0.2) is 36.4 Å². The number of hydrogen-bond acceptors (Lipinski definition) is 13. The van der Waals surface area contributed by atoms with E-state index in [4.69, 9.17) is 23.7 Å². The van der Waals surface area contributed by atoms with Crippen molar-refractivity contribution < 1.29 is 67.1 Å². The van der Waals surface area contributed by atoms with Crippen LogP contribution in [0.1, 0.15) is 197 Å². The Morgan fingerprint density at radius 2 is 1.25 bits per heavy atom. The standard InChI is InChI=1S/C62H97N5O14/c1-14-16-17-18-19-20-21-24-33-67(59(76)81-62(10,11)12)34-30-46(68)40-45(25-22-23-31-63-57(74)79-60(4,5)6)55(71)66(13)53-44-27-29-52(77-35-15-2)48(41-44)47-38-43(39-49(56(72)73)65-54(70)42(3)37-50(53)69)26-28-51(47)78-36-32-64-58(75)80-61(7,8)9/h26-29,38,41-42,45,49,53H,14-25,30-37,39-40H2,1-13H3,(H,63,74)(H,64,75)(H,65,70)(H,72,73)/t42-,45-,49+,53+/m1/s1. The fourth-order valence-electron chi connectivity index (χ4n) is 9.26. The van der Waals surface area contributed by atoms with Crippen LogP contribution in [0, 0.1) is 11.8 Å². The molecule has 3 rings (SSSR count). The number of carbonyl (C=O) groups excluding carboxylic acids is 7. The molecular formula is C62H97N5O14. The number of ketones is 2. The summed E-state index contributed by atoms with van der Waals surface area (Å²) in [6, 6.07) is 7.50. The molecule has 0 saturated carbocycles. The second kappa shape index (κ2) is 33.5. The van der Waals surface area contributed by atoms with Gasteiger partial charge in [-0.15, -0.1) is 0 Å². The first-order chi connectivity index (χ1) is 38.0. The normalized spacial score (nSPS) is 16.2. The molecule has 0 radical (unpaired) electrons. The molecule has 81 heavy (non-hydrogen) atoms. The third kappa shape index (κ3) is 25.9. The molecule has 4 bridgehead atoms. The summed E-state index contributed by atoms with van der Waals surface area (Å²) in [6.07, 6.45) is 7.70. The molecule has 1 aliphatic heterocycles.